The van der Waals surface area contributed by atoms with E-state index in [9.17, 15) is 4.79 Å². The number of carbonyl (C=O) groups is 1. The van der Waals surface area contributed by atoms with Crippen LogP contribution in [0.3, 0.4) is 0 Å². The van der Waals surface area contributed by atoms with Crippen LogP contribution in [0, 0.1) is 0 Å². The SMILES string of the molecule is CCOc1ccc(OCCNC(=O)c2ccc(Cl)cc2)cc1. The van der Waals surface area contributed by atoms with Gasteiger partial charge in [0.2, 0.25) is 0 Å². The van der Waals surface area contributed by atoms with E-state index in [0.29, 0.717) is 30.3 Å². The maximum absolute atomic E-state index is 11.9. The minimum absolute atomic E-state index is 0.146. The highest BCUT2D eigenvalue weighted by atomic mass is 35.5. The zero-order valence-corrected chi connectivity index (χ0v) is 13.1. The molecular formula is C17H18ClNO3. The highest BCUT2D eigenvalue weighted by Crippen LogP contribution is 2.17. The number of hydrogen-bond acceptors (Lipinski definition) is 3. The Morgan fingerprint density at radius 1 is 1.00 bits per heavy atom. The van der Waals surface area contributed by atoms with Crippen LogP contribution >= 0.6 is 11.6 Å². The number of hydrogen-bond donors (Lipinski definition) is 1. The second-order valence-electron chi connectivity index (χ2n) is 4.52. The molecule has 0 bridgehead atoms. The molecule has 1 N–H and O–H groups in total. The average Bonchev–Trinajstić information content (AvgIpc) is 2.54. The van der Waals surface area contributed by atoms with Crippen molar-refractivity contribution >= 4 is 17.5 Å². The van der Waals surface area contributed by atoms with Crippen molar-refractivity contribution in [2.45, 2.75) is 6.92 Å². The second kappa shape index (κ2) is 8.29. The third kappa shape index (κ3) is 4.97. The Kier molecular flexibility index (Phi) is 6.10. The lowest BCUT2D eigenvalue weighted by Crippen LogP contribution is -2.28. The summed E-state index contributed by atoms with van der Waals surface area (Å²) < 4.78 is 10.9. The lowest BCUT2D eigenvalue weighted by molar-refractivity contribution is 0.0947. The predicted molar refractivity (Wildman–Crippen MR) is 86.9 cm³/mol. The highest BCUT2D eigenvalue weighted by molar-refractivity contribution is 6.30. The second-order valence-corrected chi connectivity index (χ2v) is 4.95. The molecule has 1 amide bonds. The van der Waals surface area contributed by atoms with E-state index in [1.807, 2.05) is 31.2 Å². The summed E-state index contributed by atoms with van der Waals surface area (Å²) in [6.07, 6.45) is 0. The standard InChI is InChI=1S/C17H18ClNO3/c1-2-21-15-7-9-16(10-8-15)22-12-11-19-17(20)13-3-5-14(18)6-4-13/h3-10H,2,11-12H2,1H3,(H,19,20). The first-order chi connectivity index (χ1) is 10.7. The summed E-state index contributed by atoms with van der Waals surface area (Å²) in [5.41, 5.74) is 0.575. The maximum Gasteiger partial charge on any atom is 0.251 e. The van der Waals surface area contributed by atoms with Crippen molar-refractivity contribution in [2.24, 2.45) is 0 Å². The molecule has 2 aromatic carbocycles. The van der Waals surface area contributed by atoms with Crippen LogP contribution in [0.15, 0.2) is 48.5 Å². The van der Waals surface area contributed by atoms with E-state index in [-0.39, 0.29) is 5.91 Å². The minimum Gasteiger partial charge on any atom is -0.494 e. The van der Waals surface area contributed by atoms with Gasteiger partial charge in [-0.2, -0.15) is 0 Å². The van der Waals surface area contributed by atoms with Crippen molar-refractivity contribution in [2.75, 3.05) is 19.8 Å². The quantitative estimate of drug-likeness (QED) is 0.794. The molecule has 0 aliphatic heterocycles. The molecule has 0 radical (unpaired) electrons. The monoisotopic (exact) mass is 319 g/mol. The number of nitrogens with one attached hydrogen (secondary N) is 1. The molecule has 0 aliphatic carbocycles. The van der Waals surface area contributed by atoms with E-state index < -0.39 is 0 Å². The Morgan fingerprint density at radius 2 is 1.59 bits per heavy atom. The Morgan fingerprint density at radius 3 is 2.18 bits per heavy atom. The molecule has 0 fully saturated rings. The summed E-state index contributed by atoms with van der Waals surface area (Å²) in [4.78, 5) is 11.9. The van der Waals surface area contributed by atoms with Crippen LogP contribution in [0.4, 0.5) is 0 Å². The van der Waals surface area contributed by atoms with E-state index in [4.69, 9.17) is 21.1 Å². The summed E-state index contributed by atoms with van der Waals surface area (Å²) in [5, 5.41) is 3.40. The topological polar surface area (TPSA) is 47.6 Å². The molecule has 0 saturated carbocycles. The van der Waals surface area contributed by atoms with Crippen LogP contribution in [0.1, 0.15) is 17.3 Å². The molecule has 0 atom stereocenters. The summed E-state index contributed by atoms with van der Waals surface area (Å²) in [6.45, 7) is 3.40. The van der Waals surface area contributed by atoms with E-state index in [1.165, 1.54) is 0 Å². The fraction of sp³-hybridized carbons (Fsp3) is 0.235. The van der Waals surface area contributed by atoms with Gasteiger partial charge in [0, 0.05) is 10.6 Å². The molecule has 0 saturated heterocycles. The van der Waals surface area contributed by atoms with Gasteiger partial charge in [-0.05, 0) is 55.5 Å². The summed E-state index contributed by atoms with van der Waals surface area (Å²) in [6, 6.07) is 14.1. The molecule has 0 aliphatic rings. The van der Waals surface area contributed by atoms with Crippen molar-refractivity contribution in [3.05, 3.63) is 59.1 Å². The molecular weight excluding hydrogens is 302 g/mol. The number of benzene rings is 2. The fourth-order valence-electron chi connectivity index (χ4n) is 1.84. The van der Waals surface area contributed by atoms with Crippen molar-refractivity contribution < 1.29 is 14.3 Å². The summed E-state index contributed by atoms with van der Waals surface area (Å²) in [7, 11) is 0. The first-order valence-electron chi connectivity index (χ1n) is 7.08. The molecule has 5 heteroatoms. The van der Waals surface area contributed by atoms with Gasteiger partial charge >= 0.3 is 0 Å². The van der Waals surface area contributed by atoms with Crippen LogP contribution in [-0.4, -0.2) is 25.7 Å². The number of amides is 1. The van der Waals surface area contributed by atoms with Crippen LogP contribution in [0.2, 0.25) is 5.02 Å². The van der Waals surface area contributed by atoms with Gasteiger partial charge in [-0.1, -0.05) is 11.6 Å². The zero-order valence-electron chi connectivity index (χ0n) is 12.3. The van der Waals surface area contributed by atoms with Crippen molar-refractivity contribution in [1.29, 1.82) is 0 Å². The van der Waals surface area contributed by atoms with E-state index in [1.54, 1.807) is 24.3 Å². The summed E-state index contributed by atoms with van der Waals surface area (Å²) in [5.74, 6) is 1.40. The first kappa shape index (κ1) is 16.2. The van der Waals surface area contributed by atoms with Crippen LogP contribution in [-0.2, 0) is 0 Å². The zero-order chi connectivity index (χ0) is 15.8. The Bertz CT molecular complexity index is 596. The van der Waals surface area contributed by atoms with Crippen LogP contribution in [0.25, 0.3) is 0 Å². The molecule has 116 valence electrons. The first-order valence-corrected chi connectivity index (χ1v) is 7.46. The number of rotatable bonds is 7. The third-order valence-electron chi connectivity index (χ3n) is 2.90. The van der Waals surface area contributed by atoms with E-state index >= 15 is 0 Å². The number of carbonyl (C=O) groups excluding carboxylic acids is 1. The Hall–Kier alpha value is -2.20. The van der Waals surface area contributed by atoms with Gasteiger partial charge in [0.05, 0.1) is 13.2 Å². The van der Waals surface area contributed by atoms with Gasteiger partial charge in [0.15, 0.2) is 0 Å². The van der Waals surface area contributed by atoms with E-state index in [0.717, 1.165) is 11.5 Å². The lowest BCUT2D eigenvalue weighted by Gasteiger charge is -2.09. The smallest absolute Gasteiger partial charge is 0.251 e. The van der Waals surface area contributed by atoms with Gasteiger partial charge in [0.1, 0.15) is 18.1 Å². The minimum atomic E-state index is -0.146. The molecule has 4 nitrogen and oxygen atoms in total. The van der Waals surface area contributed by atoms with Crippen LogP contribution in [0.5, 0.6) is 11.5 Å². The normalized spacial score (nSPS) is 10.1. The fourth-order valence-corrected chi connectivity index (χ4v) is 1.96. The van der Waals surface area contributed by atoms with Crippen LogP contribution < -0.4 is 14.8 Å². The van der Waals surface area contributed by atoms with Gasteiger partial charge < -0.3 is 14.8 Å². The molecule has 0 heterocycles. The number of halogens is 1. The molecule has 2 rings (SSSR count). The van der Waals surface area contributed by atoms with Gasteiger partial charge in [-0.25, -0.2) is 0 Å². The Labute approximate surface area is 135 Å². The molecule has 0 spiro atoms. The maximum atomic E-state index is 11.9. The lowest BCUT2D eigenvalue weighted by atomic mass is 10.2. The molecule has 0 unspecified atom stereocenters. The highest BCUT2D eigenvalue weighted by Gasteiger charge is 2.04. The average molecular weight is 320 g/mol. The Balaban J connectivity index is 1.72. The predicted octanol–water partition coefficient (Wildman–Crippen LogP) is 3.55. The molecule has 22 heavy (non-hydrogen) atoms. The van der Waals surface area contributed by atoms with Crippen molar-refractivity contribution in [3.8, 4) is 11.5 Å². The third-order valence-corrected chi connectivity index (χ3v) is 3.15. The summed E-state index contributed by atoms with van der Waals surface area (Å²) >= 11 is 5.78. The van der Waals surface area contributed by atoms with Gasteiger partial charge in [-0.3, -0.25) is 4.79 Å². The van der Waals surface area contributed by atoms with E-state index in [2.05, 4.69) is 5.32 Å². The number of ether oxygens (including phenoxy) is 2. The van der Waals surface area contributed by atoms with Crippen molar-refractivity contribution in [1.82, 2.24) is 5.32 Å². The van der Waals surface area contributed by atoms with Crippen molar-refractivity contribution in [3.63, 3.8) is 0 Å². The van der Waals surface area contributed by atoms with Gasteiger partial charge in [0.25, 0.3) is 5.91 Å². The molecule has 0 aromatic heterocycles. The molecule has 2 aromatic rings. The van der Waals surface area contributed by atoms with Gasteiger partial charge in [-0.15, -0.1) is 0 Å². The largest absolute Gasteiger partial charge is 0.494 e.